The van der Waals surface area contributed by atoms with Gasteiger partial charge in [-0.3, -0.25) is 4.79 Å². The molecule has 4 rings (SSSR count). The van der Waals surface area contributed by atoms with Gasteiger partial charge in [0, 0.05) is 31.8 Å². The summed E-state index contributed by atoms with van der Waals surface area (Å²) in [6.45, 7) is 4.09. The van der Waals surface area contributed by atoms with Crippen LogP contribution < -0.4 is 0 Å². The van der Waals surface area contributed by atoms with Gasteiger partial charge in [-0.1, -0.05) is 18.3 Å². The molecule has 1 amide bonds. The van der Waals surface area contributed by atoms with Crippen molar-refractivity contribution in [3.63, 3.8) is 0 Å². The van der Waals surface area contributed by atoms with Crippen LogP contribution in [0.3, 0.4) is 0 Å². The molecule has 1 aliphatic carbocycles. The van der Waals surface area contributed by atoms with Gasteiger partial charge in [0.2, 0.25) is 10.9 Å². The van der Waals surface area contributed by atoms with Crippen molar-refractivity contribution in [3.8, 4) is 0 Å². The number of amides is 1. The van der Waals surface area contributed by atoms with Crippen LogP contribution in [-0.2, 0) is 11.2 Å². The predicted octanol–water partition coefficient (Wildman–Crippen LogP) is 2.25. The largest absolute Gasteiger partial charge is 0.343 e. The van der Waals surface area contributed by atoms with E-state index in [1.54, 1.807) is 11.3 Å². The predicted molar refractivity (Wildman–Crippen MR) is 83.9 cm³/mol. The summed E-state index contributed by atoms with van der Waals surface area (Å²) in [6, 6.07) is 0. The molecule has 0 spiro atoms. The fourth-order valence-electron chi connectivity index (χ4n) is 3.00. The number of nitrogens with zero attached hydrogens (tertiary/aromatic N) is 5. The van der Waals surface area contributed by atoms with E-state index in [4.69, 9.17) is 0 Å². The average molecular weight is 319 g/mol. The zero-order chi connectivity index (χ0) is 15.1. The lowest BCUT2D eigenvalue weighted by Crippen LogP contribution is -2.37. The Bertz CT molecular complexity index is 681. The molecule has 2 fully saturated rings. The molecule has 2 aliphatic rings. The second kappa shape index (κ2) is 5.61. The minimum absolute atomic E-state index is 0.264. The monoisotopic (exact) mass is 319 g/mol. The van der Waals surface area contributed by atoms with Gasteiger partial charge < -0.3 is 4.90 Å². The number of likely N-dealkylation sites (tertiary alicyclic amines) is 1. The number of carbonyl (C=O) groups is 1. The molecule has 2 aromatic heterocycles. The normalized spacial score (nSPS) is 20.0. The van der Waals surface area contributed by atoms with Gasteiger partial charge >= 0.3 is 0 Å². The van der Waals surface area contributed by atoms with Gasteiger partial charge in [0.15, 0.2) is 5.82 Å². The van der Waals surface area contributed by atoms with Crippen LogP contribution in [0, 0.1) is 5.92 Å². The minimum Gasteiger partial charge on any atom is -0.343 e. The molecule has 2 aromatic rings. The molecule has 7 heteroatoms. The third-order valence-corrected chi connectivity index (χ3v) is 5.65. The molecule has 6 nitrogen and oxygen atoms in total. The quantitative estimate of drug-likeness (QED) is 0.867. The molecule has 3 heterocycles. The van der Waals surface area contributed by atoms with Crippen molar-refractivity contribution in [2.45, 2.75) is 51.4 Å². The number of rotatable bonds is 4. The van der Waals surface area contributed by atoms with E-state index in [-0.39, 0.29) is 5.91 Å². The maximum absolute atomic E-state index is 12.3. The highest BCUT2D eigenvalue weighted by Crippen LogP contribution is 2.39. The van der Waals surface area contributed by atoms with Crippen molar-refractivity contribution >= 4 is 22.2 Å². The highest BCUT2D eigenvalue weighted by atomic mass is 32.1. The second-order valence-electron chi connectivity index (χ2n) is 6.59. The van der Waals surface area contributed by atoms with Gasteiger partial charge in [-0.25, -0.2) is 0 Å². The number of fused-ring (bicyclic) bond motifs is 1. The molecular formula is C15H21N5OS. The summed E-state index contributed by atoms with van der Waals surface area (Å²) in [5.74, 6) is 2.56. The lowest BCUT2D eigenvalue weighted by Gasteiger charge is -2.30. The fraction of sp³-hybridized carbons (Fsp3) is 0.733. The van der Waals surface area contributed by atoms with Crippen molar-refractivity contribution in [1.29, 1.82) is 0 Å². The first kappa shape index (κ1) is 14.1. The van der Waals surface area contributed by atoms with Gasteiger partial charge in [-0.15, -0.1) is 10.2 Å². The maximum atomic E-state index is 12.3. The molecule has 0 radical (unpaired) electrons. The van der Waals surface area contributed by atoms with Crippen molar-refractivity contribution in [1.82, 2.24) is 24.7 Å². The molecule has 1 aliphatic heterocycles. The van der Waals surface area contributed by atoms with E-state index < -0.39 is 0 Å². The van der Waals surface area contributed by atoms with Gasteiger partial charge in [0.1, 0.15) is 5.01 Å². The Morgan fingerprint density at radius 1 is 1.23 bits per heavy atom. The van der Waals surface area contributed by atoms with Crippen LogP contribution in [0.25, 0.3) is 4.96 Å². The molecule has 0 unspecified atom stereocenters. The minimum atomic E-state index is 0.264. The average Bonchev–Trinajstić information content (AvgIpc) is 3.16. The lowest BCUT2D eigenvalue weighted by atomic mass is 9.99. The van der Waals surface area contributed by atoms with E-state index in [0.717, 1.165) is 47.6 Å². The molecular weight excluding hydrogens is 298 g/mol. The highest BCUT2D eigenvalue weighted by Gasteiger charge is 2.30. The molecule has 1 saturated heterocycles. The molecule has 0 atom stereocenters. The molecule has 0 N–H and O–H groups in total. The van der Waals surface area contributed by atoms with E-state index in [0.29, 0.717) is 18.8 Å². The van der Waals surface area contributed by atoms with Crippen molar-refractivity contribution in [2.24, 2.45) is 5.92 Å². The number of carbonyl (C=O) groups excluding carboxylic acids is 1. The first-order valence-corrected chi connectivity index (χ1v) is 9.01. The summed E-state index contributed by atoms with van der Waals surface area (Å²) < 4.78 is 1.88. The molecule has 118 valence electrons. The third kappa shape index (κ3) is 2.74. The van der Waals surface area contributed by atoms with Gasteiger partial charge in [0.05, 0.1) is 0 Å². The summed E-state index contributed by atoms with van der Waals surface area (Å²) in [5.41, 5.74) is 0. The summed E-state index contributed by atoms with van der Waals surface area (Å²) in [7, 11) is 0. The number of piperidine rings is 1. The zero-order valence-corrected chi connectivity index (χ0v) is 13.7. The van der Waals surface area contributed by atoms with Crippen LogP contribution in [0.15, 0.2) is 0 Å². The Kier molecular flexibility index (Phi) is 3.60. The zero-order valence-electron chi connectivity index (χ0n) is 12.9. The maximum Gasteiger partial charge on any atom is 0.234 e. The number of hydrogen-bond donors (Lipinski definition) is 0. The highest BCUT2D eigenvalue weighted by molar-refractivity contribution is 7.16. The topological polar surface area (TPSA) is 63.4 Å². The summed E-state index contributed by atoms with van der Waals surface area (Å²) in [5, 5.41) is 14.0. The van der Waals surface area contributed by atoms with Crippen LogP contribution in [0.5, 0.6) is 0 Å². The van der Waals surface area contributed by atoms with Crippen LogP contribution in [0.1, 0.15) is 55.8 Å². The Balaban J connectivity index is 1.38. The molecule has 22 heavy (non-hydrogen) atoms. The van der Waals surface area contributed by atoms with E-state index in [1.807, 2.05) is 9.42 Å². The van der Waals surface area contributed by atoms with Crippen LogP contribution in [-0.4, -0.2) is 43.7 Å². The number of aryl methyl sites for hydroxylation is 1. The van der Waals surface area contributed by atoms with Crippen molar-refractivity contribution in [3.05, 3.63) is 10.8 Å². The third-order valence-electron chi connectivity index (χ3n) is 4.69. The van der Waals surface area contributed by atoms with Crippen LogP contribution >= 0.6 is 11.3 Å². The standard InChI is InChI=1S/C15H21N5OS/c1-10-6-8-19(9-7-10)13(21)5-4-12-18-20-14(11-2-3-11)16-17-15(20)22-12/h10-11H,2-9H2,1H3. The van der Waals surface area contributed by atoms with Crippen molar-refractivity contribution < 1.29 is 4.79 Å². The molecule has 0 bridgehead atoms. The van der Waals surface area contributed by atoms with Crippen LogP contribution in [0.2, 0.25) is 0 Å². The first-order chi connectivity index (χ1) is 10.7. The Morgan fingerprint density at radius 3 is 2.73 bits per heavy atom. The summed E-state index contributed by atoms with van der Waals surface area (Å²) in [4.78, 5) is 15.2. The van der Waals surface area contributed by atoms with Crippen LogP contribution in [0.4, 0.5) is 0 Å². The lowest BCUT2D eigenvalue weighted by molar-refractivity contribution is -0.132. The van der Waals surface area contributed by atoms with E-state index in [2.05, 4.69) is 22.2 Å². The summed E-state index contributed by atoms with van der Waals surface area (Å²) in [6.07, 6.45) is 5.92. The molecule has 1 saturated carbocycles. The Labute approximate surface area is 133 Å². The van der Waals surface area contributed by atoms with Crippen molar-refractivity contribution in [2.75, 3.05) is 13.1 Å². The van der Waals surface area contributed by atoms with Gasteiger partial charge in [-0.05, 0) is 31.6 Å². The van der Waals surface area contributed by atoms with E-state index >= 15 is 0 Å². The SMILES string of the molecule is CC1CCN(C(=O)CCc2nn3c(C4CC4)nnc3s2)CC1. The smallest absolute Gasteiger partial charge is 0.234 e. The van der Waals surface area contributed by atoms with E-state index in [1.165, 1.54) is 12.8 Å². The Hall–Kier alpha value is -1.50. The number of hydrogen-bond acceptors (Lipinski definition) is 5. The number of aromatic nitrogens is 4. The molecule has 0 aromatic carbocycles. The fourth-order valence-corrected chi connectivity index (χ4v) is 3.84. The first-order valence-electron chi connectivity index (χ1n) is 8.19. The Morgan fingerprint density at radius 2 is 2.00 bits per heavy atom. The second-order valence-corrected chi connectivity index (χ2v) is 7.63. The van der Waals surface area contributed by atoms with E-state index in [9.17, 15) is 4.79 Å². The van der Waals surface area contributed by atoms with Gasteiger partial charge in [0.25, 0.3) is 0 Å². The van der Waals surface area contributed by atoms with Gasteiger partial charge in [-0.2, -0.15) is 9.61 Å². The summed E-state index contributed by atoms with van der Waals surface area (Å²) >= 11 is 1.56.